The summed E-state index contributed by atoms with van der Waals surface area (Å²) < 4.78 is 44.2. The maximum atomic E-state index is 14.0. The summed E-state index contributed by atoms with van der Waals surface area (Å²) in [5.41, 5.74) is 8.76. The number of carbonyl (C=O) groups excluding carboxylic acids is 2. The van der Waals surface area contributed by atoms with Crippen LogP contribution in [-0.2, 0) is 49.3 Å². The Morgan fingerprint density at radius 3 is 2.28 bits per heavy atom. The molecule has 1 aromatic heterocycles. The van der Waals surface area contributed by atoms with E-state index in [9.17, 15) is 30.0 Å². The lowest BCUT2D eigenvalue weighted by molar-refractivity contribution is -0.304. The summed E-state index contributed by atoms with van der Waals surface area (Å²) in [6, 6.07) is 6.59. The Labute approximate surface area is 383 Å². The largest absolute Gasteiger partial charge is 0.462 e. The molecular weight excluding hydrogens is 843 g/mol. The number of ketones is 1. The number of rotatable bonds is 13. The van der Waals surface area contributed by atoms with Crippen molar-refractivity contribution in [2.45, 2.75) is 153 Å². The van der Waals surface area contributed by atoms with Crippen LogP contribution >= 0.6 is 0 Å². The molecule has 364 valence electrons. The number of carbonyl (C=O) groups is 2. The number of esters is 1. The SMILES string of the molecule is CC[C@H]1OC(=O)C[C@@H](O)[C@H](C)[C@@H](O[C@@H]2O[C@H](C)[C@@H](O)C(N(C)C)C2O)[C@@H](CCn2cc(-c3cccc(N)c3)nn2)C[C@@H](C)C(=O)C=CC(C)=C[C@@H]1CO[C@@H]1OC(C)[C@@H](O)[C@H](OC)C1OC. The van der Waals surface area contributed by atoms with E-state index in [4.69, 9.17) is 38.9 Å². The second kappa shape index (κ2) is 23.9. The van der Waals surface area contributed by atoms with Crippen LogP contribution in [0.15, 0.2) is 54.3 Å². The van der Waals surface area contributed by atoms with Crippen LogP contribution in [0.25, 0.3) is 11.3 Å². The fourth-order valence-corrected chi connectivity index (χ4v) is 9.22. The zero-order chi connectivity index (χ0) is 47.7. The smallest absolute Gasteiger partial charge is 0.308 e. The normalized spacial score (nSPS) is 37.0. The number of benzene rings is 1. The predicted octanol–water partition coefficient (Wildman–Crippen LogP) is 2.90. The maximum Gasteiger partial charge on any atom is 0.308 e. The van der Waals surface area contributed by atoms with E-state index in [2.05, 4.69) is 10.3 Å². The molecule has 5 rings (SSSR count). The van der Waals surface area contributed by atoms with E-state index >= 15 is 0 Å². The summed E-state index contributed by atoms with van der Waals surface area (Å²) in [5.74, 6) is -3.10. The summed E-state index contributed by atoms with van der Waals surface area (Å²) >= 11 is 0. The predicted molar refractivity (Wildman–Crippen MR) is 240 cm³/mol. The van der Waals surface area contributed by atoms with E-state index in [1.807, 2.05) is 45.0 Å². The number of cyclic esters (lactones) is 1. The maximum absolute atomic E-state index is 14.0. The van der Waals surface area contributed by atoms with Gasteiger partial charge in [0.25, 0.3) is 0 Å². The molecule has 1 aromatic carbocycles. The summed E-state index contributed by atoms with van der Waals surface area (Å²) in [6.07, 6.45) is -3.54. The van der Waals surface area contributed by atoms with Crippen LogP contribution in [0.5, 0.6) is 0 Å². The molecule has 6 N–H and O–H groups in total. The molecule has 3 aliphatic rings. The van der Waals surface area contributed by atoms with E-state index in [0.717, 1.165) is 11.1 Å². The van der Waals surface area contributed by atoms with Crippen molar-refractivity contribution in [3.63, 3.8) is 0 Å². The molecule has 4 heterocycles. The number of methoxy groups -OCH3 is 2. The molecule has 4 unspecified atom stereocenters. The lowest BCUT2D eigenvalue weighted by Gasteiger charge is -2.46. The number of aromatic nitrogens is 3. The van der Waals surface area contributed by atoms with Gasteiger partial charge in [0.2, 0.25) is 0 Å². The standard InChI is InChI=1S/C47H73N5O13/c1-11-37-32(24-61-47-45(60-10)44(59-9)41(57)29(6)63-47)19-25(2)15-16-35(53)26(3)20-31(17-18-52-23-34(49-50-52)30-13-12-14-33(48)21-30)43(27(4)36(54)22-38(55)64-37)65-46-42(58)39(51(7)8)40(56)28(5)62-46/h12-16,19,21,23,26-29,31-32,36-37,39-47,54,56-58H,11,17-18,20,22,24,48H2,1-10H3/t26-,27+,28-,29?,31+,32-,36-,37-,39?,40-,41-,42?,43-,44+,45?,46+,47-/m1/s1. The van der Waals surface area contributed by atoms with E-state index in [-0.39, 0.29) is 12.4 Å². The van der Waals surface area contributed by atoms with Gasteiger partial charge in [-0.2, -0.15) is 0 Å². The minimum atomic E-state index is -1.30. The highest BCUT2D eigenvalue weighted by Gasteiger charge is 2.48. The number of nitrogens with two attached hydrogens (primary N) is 1. The first-order valence-electron chi connectivity index (χ1n) is 22.7. The van der Waals surface area contributed by atoms with Gasteiger partial charge < -0.3 is 64.2 Å². The Balaban J connectivity index is 1.48. The van der Waals surface area contributed by atoms with Gasteiger partial charge in [0.1, 0.15) is 36.2 Å². The monoisotopic (exact) mass is 916 g/mol. The average Bonchev–Trinajstić information content (AvgIpc) is 3.75. The lowest BCUT2D eigenvalue weighted by atomic mass is 9.79. The number of anilines is 1. The van der Waals surface area contributed by atoms with E-state index in [1.165, 1.54) is 20.3 Å². The molecule has 0 amide bonds. The number of aliphatic hydroxyl groups is 4. The number of aryl methyl sites for hydroxylation is 1. The zero-order valence-electron chi connectivity index (χ0n) is 39.5. The van der Waals surface area contributed by atoms with Gasteiger partial charge >= 0.3 is 5.97 Å². The van der Waals surface area contributed by atoms with E-state index < -0.39 is 116 Å². The van der Waals surface area contributed by atoms with Crippen molar-refractivity contribution in [1.82, 2.24) is 19.9 Å². The zero-order valence-corrected chi connectivity index (χ0v) is 39.5. The summed E-state index contributed by atoms with van der Waals surface area (Å²) in [5, 5.41) is 54.1. The second-order valence-electron chi connectivity index (χ2n) is 18.2. The minimum Gasteiger partial charge on any atom is -0.462 e. The van der Waals surface area contributed by atoms with Gasteiger partial charge in [-0.15, -0.1) is 5.10 Å². The van der Waals surface area contributed by atoms with Gasteiger partial charge in [-0.1, -0.05) is 55.8 Å². The fourth-order valence-electron chi connectivity index (χ4n) is 9.22. The van der Waals surface area contributed by atoms with Gasteiger partial charge in [0.15, 0.2) is 18.4 Å². The molecule has 2 fully saturated rings. The quantitative estimate of drug-likeness (QED) is 0.143. The first-order chi connectivity index (χ1) is 30.9. The number of hydrogen-bond acceptors (Lipinski definition) is 17. The van der Waals surface area contributed by atoms with Crippen molar-refractivity contribution in [2.24, 2.45) is 23.7 Å². The van der Waals surface area contributed by atoms with Crippen molar-refractivity contribution in [3.8, 4) is 11.3 Å². The fraction of sp³-hybridized carbons (Fsp3) is 0.702. The molecule has 0 bridgehead atoms. The van der Waals surface area contributed by atoms with Gasteiger partial charge in [-0.3, -0.25) is 14.3 Å². The van der Waals surface area contributed by atoms with Gasteiger partial charge in [0.05, 0.1) is 55.8 Å². The molecular formula is C47H73N5O13. The number of nitrogen functional groups attached to an aromatic ring is 1. The number of allylic oxidation sites excluding steroid dienone is 3. The molecule has 18 nitrogen and oxygen atoms in total. The topological polar surface area (TPSA) is 240 Å². The Morgan fingerprint density at radius 1 is 0.923 bits per heavy atom. The molecule has 17 atom stereocenters. The molecule has 0 aliphatic carbocycles. The number of ether oxygens (including phenoxy) is 7. The molecule has 2 aromatic rings. The van der Waals surface area contributed by atoms with E-state index in [0.29, 0.717) is 37.2 Å². The Bertz CT molecular complexity index is 1900. The van der Waals surface area contributed by atoms with Crippen molar-refractivity contribution < 1.29 is 63.2 Å². The van der Waals surface area contributed by atoms with Gasteiger partial charge in [-0.25, -0.2) is 0 Å². The molecule has 3 aliphatic heterocycles. The van der Waals surface area contributed by atoms with Crippen LogP contribution in [0.3, 0.4) is 0 Å². The minimum absolute atomic E-state index is 0.0130. The van der Waals surface area contributed by atoms with Crippen LogP contribution in [-0.4, -0.2) is 167 Å². The highest BCUT2D eigenvalue weighted by Crippen LogP contribution is 2.36. The Hall–Kier alpha value is -3.66. The molecule has 0 saturated carbocycles. The third-order valence-electron chi connectivity index (χ3n) is 13.2. The van der Waals surface area contributed by atoms with Crippen molar-refractivity contribution in [2.75, 3.05) is 40.7 Å². The van der Waals surface area contributed by atoms with Crippen LogP contribution in [0.1, 0.15) is 67.2 Å². The number of aliphatic hydroxyl groups excluding tert-OH is 4. The van der Waals surface area contributed by atoms with Crippen molar-refractivity contribution >= 4 is 17.4 Å². The van der Waals surface area contributed by atoms with Crippen LogP contribution < -0.4 is 5.73 Å². The molecule has 65 heavy (non-hydrogen) atoms. The second-order valence-corrected chi connectivity index (χ2v) is 18.2. The summed E-state index contributed by atoms with van der Waals surface area (Å²) in [4.78, 5) is 29.6. The van der Waals surface area contributed by atoms with E-state index in [1.54, 1.807) is 62.8 Å². The highest BCUT2D eigenvalue weighted by atomic mass is 16.7. The first-order valence-corrected chi connectivity index (χ1v) is 22.7. The molecule has 0 radical (unpaired) electrons. The number of likely N-dealkylation sites (N-methyl/N-ethyl adjacent to an activating group) is 1. The number of hydrogen-bond donors (Lipinski definition) is 5. The average molecular weight is 916 g/mol. The van der Waals surface area contributed by atoms with Gasteiger partial charge in [-0.05, 0) is 78.3 Å². The summed E-state index contributed by atoms with van der Waals surface area (Å²) in [7, 11) is 6.45. The van der Waals surface area contributed by atoms with Crippen LogP contribution in [0.2, 0.25) is 0 Å². The number of nitrogens with zero attached hydrogens (tertiary/aromatic N) is 4. The molecule has 18 heteroatoms. The first kappa shape index (κ1) is 52.3. The van der Waals surface area contributed by atoms with Crippen LogP contribution in [0, 0.1) is 23.7 Å². The Morgan fingerprint density at radius 2 is 1.62 bits per heavy atom. The third kappa shape index (κ3) is 13.3. The highest BCUT2D eigenvalue weighted by molar-refractivity contribution is 5.91. The van der Waals surface area contributed by atoms with Crippen molar-refractivity contribution in [1.29, 1.82) is 0 Å². The molecule has 2 saturated heterocycles. The van der Waals surface area contributed by atoms with Crippen LogP contribution in [0.4, 0.5) is 5.69 Å². The summed E-state index contributed by atoms with van der Waals surface area (Å²) in [6.45, 7) is 11.1. The van der Waals surface area contributed by atoms with Crippen molar-refractivity contribution in [3.05, 3.63) is 54.3 Å². The Kier molecular flexibility index (Phi) is 19.2. The lowest BCUT2D eigenvalue weighted by Crippen LogP contribution is -2.63. The third-order valence-corrected chi connectivity index (χ3v) is 13.2. The van der Waals surface area contributed by atoms with Gasteiger partial charge in [0, 0.05) is 49.8 Å². The molecule has 0 spiro atoms.